The van der Waals surface area contributed by atoms with Crippen LogP contribution in [-0.4, -0.2) is 8.42 Å². The Morgan fingerprint density at radius 3 is 2.13 bits per heavy atom. The maximum absolute atomic E-state index is 12.3. The molecular formula is C7H3Cl2F3O2S. The van der Waals surface area contributed by atoms with Crippen LogP contribution in [-0.2, 0) is 15.2 Å². The second-order valence-electron chi connectivity index (χ2n) is 2.55. The van der Waals surface area contributed by atoms with Crippen LogP contribution in [0, 0.1) is 0 Å². The standard InChI is InChI=1S/C7H3Cl2F3O2S/c8-6-4(7(10,11)12)2-1-3-5(6)15(9,13)14/h1-3H. The van der Waals surface area contributed by atoms with E-state index in [1.54, 1.807) is 0 Å². The van der Waals surface area contributed by atoms with Gasteiger partial charge in [0, 0.05) is 10.7 Å². The van der Waals surface area contributed by atoms with Crippen molar-refractivity contribution in [3.63, 3.8) is 0 Å². The van der Waals surface area contributed by atoms with E-state index >= 15 is 0 Å². The summed E-state index contributed by atoms with van der Waals surface area (Å²) in [6.07, 6.45) is -4.71. The van der Waals surface area contributed by atoms with Crippen molar-refractivity contribution >= 4 is 31.3 Å². The summed E-state index contributed by atoms with van der Waals surface area (Å²) < 4.78 is 58.6. The van der Waals surface area contributed by atoms with Crippen LogP contribution in [0.4, 0.5) is 13.2 Å². The van der Waals surface area contributed by atoms with Gasteiger partial charge in [-0.1, -0.05) is 17.7 Å². The molecule has 0 fully saturated rings. The fraction of sp³-hybridized carbons (Fsp3) is 0.143. The largest absolute Gasteiger partial charge is 0.417 e. The average Bonchev–Trinajstić information content (AvgIpc) is 1.99. The monoisotopic (exact) mass is 278 g/mol. The molecule has 0 spiro atoms. The van der Waals surface area contributed by atoms with Crippen LogP contribution >= 0.6 is 22.3 Å². The van der Waals surface area contributed by atoms with Crippen molar-refractivity contribution in [1.29, 1.82) is 0 Å². The Hall–Kier alpha value is -0.460. The van der Waals surface area contributed by atoms with Crippen molar-refractivity contribution in [1.82, 2.24) is 0 Å². The van der Waals surface area contributed by atoms with Crippen LogP contribution in [0.5, 0.6) is 0 Å². The molecule has 0 atom stereocenters. The zero-order valence-electron chi connectivity index (χ0n) is 6.85. The van der Waals surface area contributed by atoms with Crippen LogP contribution in [0.3, 0.4) is 0 Å². The van der Waals surface area contributed by atoms with Gasteiger partial charge < -0.3 is 0 Å². The van der Waals surface area contributed by atoms with Crippen molar-refractivity contribution in [2.75, 3.05) is 0 Å². The molecule has 0 amide bonds. The van der Waals surface area contributed by atoms with Crippen molar-refractivity contribution in [2.45, 2.75) is 11.1 Å². The summed E-state index contributed by atoms with van der Waals surface area (Å²) in [7, 11) is 0.630. The van der Waals surface area contributed by atoms with Gasteiger partial charge in [0.15, 0.2) is 0 Å². The molecule has 84 valence electrons. The number of halogens is 5. The van der Waals surface area contributed by atoms with E-state index in [2.05, 4.69) is 0 Å². The third-order valence-corrected chi connectivity index (χ3v) is 3.41. The van der Waals surface area contributed by atoms with E-state index in [9.17, 15) is 21.6 Å². The van der Waals surface area contributed by atoms with Crippen LogP contribution < -0.4 is 0 Å². The number of hydrogen-bond acceptors (Lipinski definition) is 2. The lowest BCUT2D eigenvalue weighted by Crippen LogP contribution is -2.07. The topological polar surface area (TPSA) is 34.1 Å². The summed E-state index contributed by atoms with van der Waals surface area (Å²) in [5.41, 5.74) is -1.23. The molecule has 0 bridgehead atoms. The zero-order chi connectivity index (χ0) is 11.9. The van der Waals surface area contributed by atoms with Gasteiger partial charge in [-0.3, -0.25) is 0 Å². The van der Waals surface area contributed by atoms with E-state index in [1.807, 2.05) is 0 Å². The van der Waals surface area contributed by atoms with Crippen LogP contribution in [0.15, 0.2) is 23.1 Å². The lowest BCUT2D eigenvalue weighted by Gasteiger charge is -2.10. The van der Waals surface area contributed by atoms with Gasteiger partial charge in [0.05, 0.1) is 10.6 Å². The Bertz CT molecular complexity index is 481. The first-order chi connectivity index (χ1) is 6.64. The molecular weight excluding hydrogens is 276 g/mol. The maximum atomic E-state index is 12.3. The first-order valence-electron chi connectivity index (χ1n) is 3.44. The van der Waals surface area contributed by atoms with Crippen LogP contribution in [0.25, 0.3) is 0 Å². The van der Waals surface area contributed by atoms with Crippen molar-refractivity contribution < 1.29 is 21.6 Å². The van der Waals surface area contributed by atoms with E-state index in [-0.39, 0.29) is 0 Å². The Labute approximate surface area is 93.0 Å². The van der Waals surface area contributed by atoms with Crippen molar-refractivity contribution in [2.24, 2.45) is 0 Å². The summed E-state index contributed by atoms with van der Waals surface area (Å²) in [4.78, 5) is -0.749. The smallest absolute Gasteiger partial charge is 0.207 e. The number of hydrogen-bond donors (Lipinski definition) is 0. The predicted octanol–water partition coefficient (Wildman–Crippen LogP) is 3.29. The highest BCUT2D eigenvalue weighted by Gasteiger charge is 2.35. The van der Waals surface area contributed by atoms with Gasteiger partial charge in [0.2, 0.25) is 0 Å². The Balaban J connectivity index is 3.51. The molecule has 2 nitrogen and oxygen atoms in total. The Morgan fingerprint density at radius 1 is 1.20 bits per heavy atom. The minimum atomic E-state index is -4.71. The van der Waals surface area contributed by atoms with Gasteiger partial charge in [0.1, 0.15) is 4.90 Å². The van der Waals surface area contributed by atoms with Gasteiger partial charge in [0.25, 0.3) is 9.05 Å². The third kappa shape index (κ3) is 2.76. The third-order valence-electron chi connectivity index (χ3n) is 1.53. The van der Waals surface area contributed by atoms with E-state index in [0.29, 0.717) is 6.07 Å². The molecule has 0 heterocycles. The van der Waals surface area contributed by atoms with E-state index in [0.717, 1.165) is 12.1 Å². The van der Waals surface area contributed by atoms with E-state index in [4.69, 9.17) is 22.3 Å². The average molecular weight is 279 g/mol. The molecule has 0 aliphatic rings. The lowest BCUT2D eigenvalue weighted by atomic mass is 10.2. The molecule has 0 saturated carbocycles. The molecule has 0 aliphatic carbocycles. The molecule has 1 aromatic carbocycles. The quantitative estimate of drug-likeness (QED) is 0.739. The highest BCUT2D eigenvalue weighted by molar-refractivity contribution is 8.13. The van der Waals surface area contributed by atoms with E-state index in [1.165, 1.54) is 0 Å². The minimum absolute atomic E-state index is 0.675. The lowest BCUT2D eigenvalue weighted by molar-refractivity contribution is -0.137. The number of alkyl halides is 3. The molecule has 0 aliphatic heterocycles. The van der Waals surface area contributed by atoms with Gasteiger partial charge in [-0.25, -0.2) is 8.42 Å². The molecule has 1 rings (SSSR count). The molecule has 8 heteroatoms. The van der Waals surface area contributed by atoms with Gasteiger partial charge >= 0.3 is 6.18 Å². The minimum Gasteiger partial charge on any atom is -0.207 e. The second kappa shape index (κ2) is 3.84. The number of rotatable bonds is 1. The molecule has 0 aromatic heterocycles. The van der Waals surface area contributed by atoms with Gasteiger partial charge in [-0.15, -0.1) is 0 Å². The fourth-order valence-electron chi connectivity index (χ4n) is 0.918. The van der Waals surface area contributed by atoms with Crippen LogP contribution in [0.1, 0.15) is 5.56 Å². The molecule has 0 unspecified atom stereocenters. The Kier molecular flexibility index (Phi) is 3.23. The highest BCUT2D eigenvalue weighted by Crippen LogP contribution is 2.38. The molecule has 15 heavy (non-hydrogen) atoms. The van der Waals surface area contributed by atoms with E-state index < -0.39 is 30.7 Å². The fourth-order valence-corrected chi connectivity index (χ4v) is 2.53. The summed E-state index contributed by atoms with van der Waals surface area (Å²) in [6.45, 7) is 0. The predicted molar refractivity (Wildman–Crippen MR) is 49.5 cm³/mol. The molecule has 0 N–H and O–H groups in total. The summed E-state index contributed by atoms with van der Waals surface area (Å²) in [5.74, 6) is 0. The molecule has 0 saturated heterocycles. The first kappa shape index (κ1) is 12.6. The maximum Gasteiger partial charge on any atom is 0.417 e. The molecule has 1 aromatic rings. The second-order valence-corrected chi connectivity index (χ2v) is 5.47. The summed E-state index contributed by atoms with van der Waals surface area (Å²) >= 11 is 5.29. The molecule has 0 radical (unpaired) electrons. The highest BCUT2D eigenvalue weighted by atomic mass is 35.7. The zero-order valence-corrected chi connectivity index (χ0v) is 9.17. The SMILES string of the molecule is O=S(=O)(Cl)c1cccc(C(F)(F)F)c1Cl. The normalized spacial score (nSPS) is 12.9. The number of benzene rings is 1. The van der Waals surface area contributed by atoms with Crippen molar-refractivity contribution in [3.05, 3.63) is 28.8 Å². The summed E-state index contributed by atoms with van der Waals surface area (Å²) in [6, 6.07) is 2.50. The van der Waals surface area contributed by atoms with Gasteiger partial charge in [-0.2, -0.15) is 13.2 Å². The van der Waals surface area contributed by atoms with Gasteiger partial charge in [-0.05, 0) is 12.1 Å². The summed E-state index contributed by atoms with van der Waals surface area (Å²) in [5, 5.41) is -0.917. The van der Waals surface area contributed by atoms with Crippen molar-refractivity contribution in [3.8, 4) is 0 Å². The first-order valence-corrected chi connectivity index (χ1v) is 6.13. The van der Waals surface area contributed by atoms with Crippen LogP contribution in [0.2, 0.25) is 5.02 Å². The Morgan fingerprint density at radius 2 is 1.73 bits per heavy atom.